The minimum absolute atomic E-state index is 0. The van der Waals surface area contributed by atoms with Crippen LogP contribution in [0.3, 0.4) is 0 Å². The molecule has 0 spiro atoms. The second-order valence-electron chi connectivity index (χ2n) is 6.64. The van der Waals surface area contributed by atoms with Crippen LogP contribution in [0.4, 0.5) is 4.39 Å². The Labute approximate surface area is 138 Å². The average Bonchev–Trinajstić information content (AvgIpc) is 2.47. The van der Waals surface area contributed by atoms with Crippen molar-refractivity contribution >= 4 is 18.3 Å². The average molecular weight is 329 g/mol. The normalized spacial score (nSPS) is 20.2. The Morgan fingerprint density at radius 2 is 1.95 bits per heavy atom. The van der Waals surface area contributed by atoms with Crippen molar-refractivity contribution in [1.29, 1.82) is 0 Å². The third-order valence-corrected chi connectivity index (χ3v) is 4.59. The Balaban J connectivity index is 0.00000242. The third-order valence-electron chi connectivity index (χ3n) is 4.59. The standard InChI is InChI=1S/C17H25FN2O.ClH/c1-12(19)13-5-4-10-20(11-13)16(21)17(2,3)14-6-8-15(18)9-7-14;/h6-9,12-13H,4-5,10-11,19H2,1-3H3;1H. The minimum atomic E-state index is -0.645. The Kier molecular flexibility index (Phi) is 6.38. The number of rotatable bonds is 3. The summed E-state index contributed by atoms with van der Waals surface area (Å²) in [6, 6.07) is 6.31. The van der Waals surface area contributed by atoms with Crippen LogP contribution in [0.25, 0.3) is 0 Å². The van der Waals surface area contributed by atoms with Gasteiger partial charge in [0, 0.05) is 19.1 Å². The number of amides is 1. The fourth-order valence-corrected chi connectivity index (χ4v) is 3.01. The van der Waals surface area contributed by atoms with Crippen LogP contribution in [0.5, 0.6) is 0 Å². The Morgan fingerprint density at radius 3 is 2.50 bits per heavy atom. The molecule has 2 atom stereocenters. The number of hydrogen-bond acceptors (Lipinski definition) is 2. The van der Waals surface area contributed by atoms with Gasteiger partial charge >= 0.3 is 0 Å². The van der Waals surface area contributed by atoms with Crippen LogP contribution in [0.15, 0.2) is 24.3 Å². The maximum atomic E-state index is 13.1. The molecule has 1 aliphatic rings. The van der Waals surface area contributed by atoms with E-state index in [1.165, 1.54) is 12.1 Å². The zero-order valence-electron chi connectivity index (χ0n) is 13.5. The summed E-state index contributed by atoms with van der Waals surface area (Å²) in [6.45, 7) is 7.31. The molecule has 1 aromatic carbocycles. The van der Waals surface area contributed by atoms with Crippen LogP contribution in [-0.2, 0) is 10.2 Å². The lowest BCUT2D eigenvalue weighted by molar-refractivity contribution is -0.138. The molecule has 1 amide bonds. The zero-order valence-corrected chi connectivity index (χ0v) is 14.3. The van der Waals surface area contributed by atoms with Gasteiger partial charge < -0.3 is 10.6 Å². The van der Waals surface area contributed by atoms with Gasteiger partial charge in [0.1, 0.15) is 5.82 Å². The minimum Gasteiger partial charge on any atom is -0.342 e. The van der Waals surface area contributed by atoms with E-state index in [-0.39, 0.29) is 30.2 Å². The molecule has 1 fully saturated rings. The van der Waals surface area contributed by atoms with E-state index in [4.69, 9.17) is 5.73 Å². The highest BCUT2D eigenvalue weighted by Gasteiger charge is 2.36. The highest BCUT2D eigenvalue weighted by Crippen LogP contribution is 2.29. The quantitative estimate of drug-likeness (QED) is 0.926. The van der Waals surface area contributed by atoms with E-state index in [9.17, 15) is 9.18 Å². The number of nitrogens with two attached hydrogens (primary N) is 1. The molecule has 1 heterocycles. The fraction of sp³-hybridized carbons (Fsp3) is 0.588. The number of likely N-dealkylation sites (tertiary alicyclic amines) is 1. The van der Waals surface area contributed by atoms with Gasteiger partial charge in [-0.2, -0.15) is 0 Å². The van der Waals surface area contributed by atoms with Crippen LogP contribution in [-0.4, -0.2) is 29.9 Å². The van der Waals surface area contributed by atoms with Gasteiger partial charge in [-0.05, 0) is 57.2 Å². The molecule has 0 saturated carbocycles. The lowest BCUT2D eigenvalue weighted by Gasteiger charge is -2.39. The van der Waals surface area contributed by atoms with Gasteiger partial charge in [0.25, 0.3) is 0 Å². The molecule has 1 aliphatic heterocycles. The SMILES string of the molecule is CC(N)C1CCCN(C(=O)C(C)(C)c2ccc(F)cc2)C1.Cl. The summed E-state index contributed by atoms with van der Waals surface area (Å²) in [6.07, 6.45) is 2.08. The molecule has 0 aromatic heterocycles. The molecule has 1 aromatic rings. The second kappa shape index (κ2) is 7.42. The van der Waals surface area contributed by atoms with Crippen molar-refractivity contribution in [3.8, 4) is 0 Å². The monoisotopic (exact) mass is 328 g/mol. The van der Waals surface area contributed by atoms with E-state index in [1.54, 1.807) is 12.1 Å². The van der Waals surface area contributed by atoms with E-state index >= 15 is 0 Å². The number of piperidine rings is 1. The van der Waals surface area contributed by atoms with Gasteiger partial charge in [-0.1, -0.05) is 12.1 Å². The maximum absolute atomic E-state index is 13.1. The first-order valence-electron chi connectivity index (χ1n) is 7.63. The Bertz CT molecular complexity index is 502. The molecule has 0 bridgehead atoms. The smallest absolute Gasteiger partial charge is 0.232 e. The molecule has 2 unspecified atom stereocenters. The maximum Gasteiger partial charge on any atom is 0.232 e. The fourth-order valence-electron chi connectivity index (χ4n) is 3.01. The lowest BCUT2D eigenvalue weighted by Crippen LogP contribution is -2.50. The van der Waals surface area contributed by atoms with Crippen LogP contribution >= 0.6 is 12.4 Å². The number of benzene rings is 1. The van der Waals surface area contributed by atoms with E-state index < -0.39 is 5.41 Å². The van der Waals surface area contributed by atoms with Crippen LogP contribution in [0.1, 0.15) is 39.2 Å². The highest BCUT2D eigenvalue weighted by molar-refractivity contribution is 5.87. The first kappa shape index (κ1) is 18.9. The van der Waals surface area contributed by atoms with Crippen LogP contribution in [0.2, 0.25) is 0 Å². The van der Waals surface area contributed by atoms with Gasteiger partial charge in [0.05, 0.1) is 5.41 Å². The summed E-state index contributed by atoms with van der Waals surface area (Å²) in [5, 5.41) is 0. The van der Waals surface area contributed by atoms with E-state index in [1.807, 2.05) is 25.7 Å². The molecule has 22 heavy (non-hydrogen) atoms. The Morgan fingerprint density at radius 1 is 1.36 bits per heavy atom. The van der Waals surface area contributed by atoms with E-state index in [0.717, 1.165) is 31.5 Å². The molecule has 0 radical (unpaired) electrons. The van der Waals surface area contributed by atoms with Crippen molar-refractivity contribution < 1.29 is 9.18 Å². The molecule has 2 rings (SSSR count). The van der Waals surface area contributed by atoms with Gasteiger partial charge in [0.15, 0.2) is 0 Å². The van der Waals surface area contributed by atoms with Crippen molar-refractivity contribution in [3.05, 3.63) is 35.6 Å². The first-order chi connectivity index (χ1) is 9.82. The Hall–Kier alpha value is -1.13. The highest BCUT2D eigenvalue weighted by atomic mass is 35.5. The molecular formula is C17H26ClFN2O. The largest absolute Gasteiger partial charge is 0.342 e. The number of carbonyl (C=O) groups excluding carboxylic acids is 1. The number of carbonyl (C=O) groups is 1. The first-order valence-corrected chi connectivity index (χ1v) is 7.63. The zero-order chi connectivity index (χ0) is 15.6. The molecule has 2 N–H and O–H groups in total. The molecule has 0 aliphatic carbocycles. The summed E-state index contributed by atoms with van der Waals surface area (Å²) in [5.74, 6) is 0.183. The number of halogens is 2. The van der Waals surface area contributed by atoms with E-state index in [0.29, 0.717) is 5.92 Å². The van der Waals surface area contributed by atoms with Crippen LogP contribution in [0, 0.1) is 11.7 Å². The van der Waals surface area contributed by atoms with Crippen molar-refractivity contribution in [2.24, 2.45) is 11.7 Å². The summed E-state index contributed by atoms with van der Waals surface area (Å²) < 4.78 is 13.1. The van der Waals surface area contributed by atoms with E-state index in [2.05, 4.69) is 0 Å². The number of hydrogen-bond donors (Lipinski definition) is 1. The van der Waals surface area contributed by atoms with Crippen molar-refractivity contribution in [1.82, 2.24) is 4.90 Å². The summed E-state index contributed by atoms with van der Waals surface area (Å²) in [4.78, 5) is 14.8. The van der Waals surface area contributed by atoms with Crippen LogP contribution < -0.4 is 5.73 Å². The molecular weight excluding hydrogens is 303 g/mol. The van der Waals surface area contributed by atoms with Crippen molar-refractivity contribution in [3.63, 3.8) is 0 Å². The van der Waals surface area contributed by atoms with Gasteiger partial charge in [-0.3, -0.25) is 4.79 Å². The summed E-state index contributed by atoms with van der Waals surface area (Å²) >= 11 is 0. The topological polar surface area (TPSA) is 46.3 Å². The second-order valence-corrected chi connectivity index (χ2v) is 6.64. The number of nitrogens with zero attached hydrogens (tertiary/aromatic N) is 1. The molecule has 3 nitrogen and oxygen atoms in total. The molecule has 1 saturated heterocycles. The third kappa shape index (κ3) is 3.99. The van der Waals surface area contributed by atoms with Crippen molar-refractivity contribution in [2.75, 3.05) is 13.1 Å². The lowest BCUT2D eigenvalue weighted by atomic mass is 9.82. The molecule has 5 heteroatoms. The predicted octanol–water partition coefficient (Wildman–Crippen LogP) is 3.11. The summed E-state index contributed by atoms with van der Waals surface area (Å²) in [7, 11) is 0. The summed E-state index contributed by atoms with van der Waals surface area (Å²) in [5.41, 5.74) is 6.19. The predicted molar refractivity (Wildman–Crippen MR) is 89.6 cm³/mol. The van der Waals surface area contributed by atoms with Crippen molar-refractivity contribution in [2.45, 2.75) is 45.1 Å². The molecule has 124 valence electrons. The van der Waals surface area contributed by atoms with Gasteiger partial charge in [-0.25, -0.2) is 4.39 Å². The van der Waals surface area contributed by atoms with Gasteiger partial charge in [-0.15, -0.1) is 12.4 Å². The van der Waals surface area contributed by atoms with Gasteiger partial charge in [0.2, 0.25) is 5.91 Å².